The molecule has 5 rings (SSSR count). The van der Waals surface area contributed by atoms with E-state index in [0.717, 1.165) is 32.3 Å². The second kappa shape index (κ2) is 6.55. The molecule has 0 aliphatic carbocycles. The molecule has 1 N–H and O–H groups in total. The first-order valence-electron chi connectivity index (χ1n) is 8.73. The molecule has 0 radical (unpaired) electrons. The van der Waals surface area contributed by atoms with Crippen LogP contribution >= 0.6 is 11.3 Å². The third-order valence-corrected chi connectivity index (χ3v) is 5.46. The Kier molecular flexibility index (Phi) is 3.90. The number of anilines is 1. The van der Waals surface area contributed by atoms with E-state index in [4.69, 9.17) is 9.47 Å². The van der Waals surface area contributed by atoms with Crippen LogP contribution in [0.3, 0.4) is 0 Å². The lowest BCUT2D eigenvalue weighted by Gasteiger charge is -2.17. The van der Waals surface area contributed by atoms with E-state index in [9.17, 15) is 4.79 Å². The van der Waals surface area contributed by atoms with E-state index in [1.165, 1.54) is 11.3 Å². The number of hydrogen-bond acceptors (Lipinski definition) is 5. The Bertz CT molecular complexity index is 1120. The number of fused-ring (bicyclic) bond motifs is 3. The van der Waals surface area contributed by atoms with Crippen LogP contribution in [0.15, 0.2) is 54.6 Å². The zero-order chi connectivity index (χ0) is 18.2. The van der Waals surface area contributed by atoms with Gasteiger partial charge in [0.05, 0.1) is 16.6 Å². The van der Waals surface area contributed by atoms with Crippen molar-refractivity contribution < 1.29 is 14.3 Å². The largest absolute Gasteiger partial charge is 0.486 e. The minimum Gasteiger partial charge on any atom is -0.486 e. The van der Waals surface area contributed by atoms with Gasteiger partial charge in [-0.15, -0.1) is 0 Å². The fraction of sp³-hybridized carbons (Fsp3) is 0.143. The zero-order valence-corrected chi connectivity index (χ0v) is 15.2. The predicted molar refractivity (Wildman–Crippen MR) is 107 cm³/mol. The molecule has 0 saturated heterocycles. The van der Waals surface area contributed by atoms with Gasteiger partial charge >= 0.3 is 0 Å². The van der Waals surface area contributed by atoms with Gasteiger partial charge in [0.2, 0.25) is 5.91 Å². The molecule has 6 heteroatoms. The quantitative estimate of drug-likeness (QED) is 0.576. The molecule has 1 amide bonds. The van der Waals surface area contributed by atoms with Gasteiger partial charge in [0, 0.05) is 12.1 Å². The minimum atomic E-state index is -0.0809. The number of carbonyl (C=O) groups is 1. The maximum Gasteiger partial charge on any atom is 0.230 e. The Balaban J connectivity index is 1.39. The number of thiazole rings is 1. The average molecular weight is 376 g/mol. The highest BCUT2D eigenvalue weighted by atomic mass is 32.1. The first-order valence-corrected chi connectivity index (χ1v) is 9.54. The Morgan fingerprint density at radius 2 is 1.81 bits per heavy atom. The van der Waals surface area contributed by atoms with Gasteiger partial charge in [0.1, 0.15) is 13.2 Å². The van der Waals surface area contributed by atoms with Gasteiger partial charge in [-0.1, -0.05) is 53.8 Å². The summed E-state index contributed by atoms with van der Waals surface area (Å²) in [6, 6.07) is 17.9. The van der Waals surface area contributed by atoms with Crippen molar-refractivity contribution in [2.75, 3.05) is 18.5 Å². The van der Waals surface area contributed by atoms with Crippen molar-refractivity contribution in [3.05, 3.63) is 60.2 Å². The van der Waals surface area contributed by atoms with Crippen molar-refractivity contribution in [1.82, 2.24) is 4.98 Å². The van der Waals surface area contributed by atoms with Crippen LogP contribution in [0.1, 0.15) is 5.56 Å². The van der Waals surface area contributed by atoms with E-state index in [1.807, 2.05) is 42.5 Å². The summed E-state index contributed by atoms with van der Waals surface area (Å²) in [4.78, 5) is 17.1. The summed E-state index contributed by atoms with van der Waals surface area (Å²) < 4.78 is 12.2. The third kappa shape index (κ3) is 3.08. The van der Waals surface area contributed by atoms with E-state index >= 15 is 0 Å². The zero-order valence-electron chi connectivity index (χ0n) is 14.4. The molecular formula is C21H16N2O3S. The van der Waals surface area contributed by atoms with E-state index in [1.54, 1.807) is 0 Å². The van der Waals surface area contributed by atoms with E-state index < -0.39 is 0 Å². The number of rotatable bonds is 3. The van der Waals surface area contributed by atoms with Gasteiger partial charge in [-0.05, 0) is 16.3 Å². The number of carbonyl (C=O) groups excluding carboxylic acids is 1. The van der Waals surface area contributed by atoms with Crippen LogP contribution in [0.2, 0.25) is 0 Å². The topological polar surface area (TPSA) is 60.5 Å². The maximum absolute atomic E-state index is 12.6. The molecule has 0 spiro atoms. The molecule has 1 aliphatic rings. The van der Waals surface area contributed by atoms with Crippen LogP contribution in [0.5, 0.6) is 11.5 Å². The van der Waals surface area contributed by atoms with Crippen LogP contribution in [0.4, 0.5) is 5.13 Å². The summed E-state index contributed by atoms with van der Waals surface area (Å²) in [5, 5.41) is 5.73. The SMILES string of the molecule is O=C(Cc1cccc2ccccc12)Nc1nc2cc3c(cc2s1)OCCO3. The van der Waals surface area contributed by atoms with Crippen molar-refractivity contribution in [3.63, 3.8) is 0 Å². The molecule has 4 aromatic rings. The normalized spacial score (nSPS) is 13.0. The molecule has 0 unspecified atom stereocenters. The van der Waals surface area contributed by atoms with E-state index in [2.05, 4.69) is 22.4 Å². The Labute approximate surface area is 159 Å². The Hall–Kier alpha value is -3.12. The second-order valence-corrected chi connectivity index (χ2v) is 7.38. The highest BCUT2D eigenvalue weighted by molar-refractivity contribution is 7.22. The van der Waals surface area contributed by atoms with Crippen molar-refractivity contribution in [2.45, 2.75) is 6.42 Å². The van der Waals surface area contributed by atoms with Crippen molar-refractivity contribution in [1.29, 1.82) is 0 Å². The molecule has 5 nitrogen and oxygen atoms in total. The highest BCUT2D eigenvalue weighted by Gasteiger charge is 2.16. The average Bonchev–Trinajstić information content (AvgIpc) is 3.07. The Morgan fingerprint density at radius 3 is 2.70 bits per heavy atom. The van der Waals surface area contributed by atoms with Gasteiger partial charge in [0.25, 0.3) is 0 Å². The predicted octanol–water partition coefficient (Wildman–Crippen LogP) is 4.40. The Morgan fingerprint density at radius 1 is 1.04 bits per heavy atom. The van der Waals surface area contributed by atoms with Crippen molar-refractivity contribution in [2.24, 2.45) is 0 Å². The number of nitrogens with zero attached hydrogens (tertiary/aromatic N) is 1. The molecular weight excluding hydrogens is 360 g/mol. The smallest absolute Gasteiger partial charge is 0.230 e. The van der Waals surface area contributed by atoms with Crippen molar-refractivity contribution in [3.8, 4) is 11.5 Å². The lowest BCUT2D eigenvalue weighted by Crippen LogP contribution is -2.15. The maximum atomic E-state index is 12.6. The molecule has 2 heterocycles. The molecule has 0 fully saturated rings. The number of amides is 1. The fourth-order valence-corrected chi connectivity index (χ4v) is 4.19. The van der Waals surface area contributed by atoms with Gasteiger partial charge < -0.3 is 14.8 Å². The van der Waals surface area contributed by atoms with Gasteiger partial charge in [-0.2, -0.15) is 0 Å². The highest BCUT2D eigenvalue weighted by Crippen LogP contribution is 2.37. The second-order valence-electron chi connectivity index (χ2n) is 6.35. The molecule has 1 aromatic heterocycles. The minimum absolute atomic E-state index is 0.0809. The summed E-state index contributed by atoms with van der Waals surface area (Å²) in [7, 11) is 0. The number of benzene rings is 3. The molecule has 3 aromatic carbocycles. The third-order valence-electron chi connectivity index (χ3n) is 4.53. The van der Waals surface area contributed by atoms with Crippen LogP contribution in [0.25, 0.3) is 21.0 Å². The molecule has 0 bridgehead atoms. The summed E-state index contributed by atoms with van der Waals surface area (Å²) in [6.45, 7) is 1.09. The summed E-state index contributed by atoms with van der Waals surface area (Å²) in [6.07, 6.45) is 0.306. The van der Waals surface area contributed by atoms with Gasteiger partial charge in [0.15, 0.2) is 16.6 Å². The summed E-state index contributed by atoms with van der Waals surface area (Å²) >= 11 is 1.43. The van der Waals surface area contributed by atoms with Crippen LogP contribution in [-0.4, -0.2) is 24.1 Å². The molecule has 27 heavy (non-hydrogen) atoms. The molecule has 134 valence electrons. The van der Waals surface area contributed by atoms with Crippen LogP contribution in [0, 0.1) is 0 Å². The first kappa shape index (κ1) is 16.1. The first-order chi connectivity index (χ1) is 13.3. The number of nitrogens with one attached hydrogen (secondary N) is 1. The van der Waals surface area contributed by atoms with Crippen molar-refractivity contribution >= 4 is 43.4 Å². The van der Waals surface area contributed by atoms with Gasteiger partial charge in [-0.25, -0.2) is 4.98 Å². The molecule has 0 saturated carbocycles. The number of aromatic nitrogens is 1. The fourth-order valence-electron chi connectivity index (χ4n) is 3.30. The number of hydrogen-bond donors (Lipinski definition) is 1. The molecule has 0 atom stereocenters. The lowest BCUT2D eigenvalue weighted by atomic mass is 10.0. The standard InChI is InChI=1S/C21H16N2O3S/c24-20(10-14-6-3-5-13-4-1-2-7-15(13)14)23-21-22-16-11-17-18(12-19(16)27-21)26-9-8-25-17/h1-7,11-12H,8-10H2,(H,22,23,24). The molecule has 1 aliphatic heterocycles. The van der Waals surface area contributed by atoms with Gasteiger partial charge in [-0.3, -0.25) is 4.79 Å². The van der Waals surface area contributed by atoms with Crippen LogP contribution in [-0.2, 0) is 11.2 Å². The number of ether oxygens (including phenoxy) is 2. The summed E-state index contributed by atoms with van der Waals surface area (Å²) in [5.41, 5.74) is 1.80. The van der Waals surface area contributed by atoms with E-state index in [0.29, 0.717) is 30.5 Å². The van der Waals surface area contributed by atoms with E-state index in [-0.39, 0.29) is 5.91 Å². The lowest BCUT2D eigenvalue weighted by molar-refractivity contribution is -0.115. The van der Waals surface area contributed by atoms with Crippen LogP contribution < -0.4 is 14.8 Å². The summed E-state index contributed by atoms with van der Waals surface area (Å²) in [5.74, 6) is 1.35. The monoisotopic (exact) mass is 376 g/mol.